The van der Waals surface area contributed by atoms with Crippen molar-refractivity contribution >= 4 is 10.0 Å². The van der Waals surface area contributed by atoms with Crippen LogP contribution < -0.4 is 14.2 Å². The zero-order chi connectivity index (χ0) is 15.5. The summed E-state index contributed by atoms with van der Waals surface area (Å²) < 4.78 is 37.6. The number of aliphatic hydroxyl groups is 1. The largest absolute Gasteiger partial charge is 0.497 e. The molecular weight excluding hydrogens is 294 g/mol. The van der Waals surface area contributed by atoms with E-state index in [1.54, 1.807) is 12.1 Å². The van der Waals surface area contributed by atoms with E-state index in [2.05, 4.69) is 4.72 Å². The highest BCUT2D eigenvalue weighted by Gasteiger charge is 2.26. The van der Waals surface area contributed by atoms with E-state index in [1.165, 1.54) is 20.3 Å². The molecule has 118 valence electrons. The molecule has 0 heterocycles. The molecule has 0 bridgehead atoms. The molecular formula is C14H21NO5S. The summed E-state index contributed by atoms with van der Waals surface area (Å²) in [4.78, 5) is 0.0582. The van der Waals surface area contributed by atoms with Gasteiger partial charge in [0.1, 0.15) is 16.4 Å². The number of methoxy groups -OCH3 is 2. The average molecular weight is 315 g/mol. The summed E-state index contributed by atoms with van der Waals surface area (Å²) in [5.41, 5.74) is 0. The zero-order valence-electron chi connectivity index (χ0n) is 12.2. The summed E-state index contributed by atoms with van der Waals surface area (Å²) in [7, 11) is -0.775. The zero-order valence-corrected chi connectivity index (χ0v) is 13.0. The van der Waals surface area contributed by atoms with Gasteiger partial charge in [0.15, 0.2) is 0 Å². The second-order valence-electron chi connectivity index (χ2n) is 5.20. The molecule has 2 rings (SSSR count). The van der Waals surface area contributed by atoms with Gasteiger partial charge in [0, 0.05) is 12.6 Å². The number of hydrogen-bond acceptors (Lipinski definition) is 5. The molecule has 2 unspecified atom stereocenters. The van der Waals surface area contributed by atoms with Crippen LogP contribution in [0.15, 0.2) is 23.1 Å². The molecule has 0 saturated heterocycles. The van der Waals surface area contributed by atoms with Crippen molar-refractivity contribution in [3.63, 3.8) is 0 Å². The van der Waals surface area contributed by atoms with Crippen LogP contribution in [0.5, 0.6) is 11.5 Å². The van der Waals surface area contributed by atoms with Gasteiger partial charge < -0.3 is 14.6 Å². The van der Waals surface area contributed by atoms with Gasteiger partial charge in [-0.2, -0.15) is 0 Å². The van der Waals surface area contributed by atoms with Crippen molar-refractivity contribution in [3.8, 4) is 11.5 Å². The summed E-state index contributed by atoms with van der Waals surface area (Å²) in [6, 6.07) is 4.64. The van der Waals surface area contributed by atoms with E-state index in [9.17, 15) is 13.5 Å². The number of ether oxygens (including phenoxy) is 2. The minimum absolute atomic E-state index is 0.0582. The first-order valence-electron chi connectivity index (χ1n) is 6.86. The van der Waals surface area contributed by atoms with Crippen LogP contribution in [0.1, 0.15) is 19.3 Å². The summed E-state index contributed by atoms with van der Waals surface area (Å²) >= 11 is 0. The van der Waals surface area contributed by atoms with Crippen LogP contribution in [0.4, 0.5) is 0 Å². The van der Waals surface area contributed by atoms with Gasteiger partial charge in [0.25, 0.3) is 0 Å². The van der Waals surface area contributed by atoms with Crippen molar-refractivity contribution in [2.24, 2.45) is 5.92 Å². The third kappa shape index (κ3) is 3.87. The monoisotopic (exact) mass is 315 g/mol. The molecule has 1 aliphatic carbocycles. The van der Waals surface area contributed by atoms with Gasteiger partial charge in [-0.15, -0.1) is 0 Å². The Hall–Kier alpha value is -1.31. The number of sulfonamides is 1. The van der Waals surface area contributed by atoms with Crippen molar-refractivity contribution in [1.82, 2.24) is 4.72 Å². The Morgan fingerprint density at radius 2 is 2.05 bits per heavy atom. The highest BCUT2D eigenvalue weighted by atomic mass is 32.2. The third-order valence-electron chi connectivity index (χ3n) is 3.74. The predicted molar refractivity (Wildman–Crippen MR) is 78.1 cm³/mol. The number of aliphatic hydroxyl groups excluding tert-OH is 1. The first kappa shape index (κ1) is 16.1. The fourth-order valence-electron chi connectivity index (χ4n) is 2.53. The second kappa shape index (κ2) is 6.64. The molecule has 1 aliphatic rings. The third-order valence-corrected chi connectivity index (χ3v) is 5.18. The predicted octanol–water partition coefficient (Wildman–Crippen LogP) is 1.14. The lowest BCUT2D eigenvalue weighted by Gasteiger charge is -2.14. The maximum absolute atomic E-state index is 12.4. The molecule has 0 aromatic heterocycles. The first-order valence-corrected chi connectivity index (χ1v) is 8.34. The van der Waals surface area contributed by atoms with Gasteiger partial charge in [-0.05, 0) is 37.3 Å². The Morgan fingerprint density at radius 3 is 2.62 bits per heavy atom. The molecule has 0 aliphatic heterocycles. The number of nitrogens with one attached hydrogen (secondary N) is 1. The van der Waals surface area contributed by atoms with E-state index in [1.807, 2.05) is 0 Å². The number of hydrogen-bond donors (Lipinski definition) is 2. The van der Waals surface area contributed by atoms with Crippen molar-refractivity contribution < 1.29 is 23.0 Å². The Bertz CT molecular complexity index is 587. The normalized spacial score (nSPS) is 22.2. The lowest BCUT2D eigenvalue weighted by Crippen LogP contribution is -2.29. The van der Waals surface area contributed by atoms with E-state index in [-0.39, 0.29) is 22.7 Å². The van der Waals surface area contributed by atoms with Crippen molar-refractivity contribution in [3.05, 3.63) is 18.2 Å². The molecule has 1 fully saturated rings. The molecule has 1 saturated carbocycles. The fourth-order valence-corrected chi connectivity index (χ4v) is 3.83. The molecule has 0 radical (unpaired) electrons. The summed E-state index contributed by atoms with van der Waals surface area (Å²) in [6.07, 6.45) is 1.89. The Kier molecular flexibility index (Phi) is 5.08. The minimum Gasteiger partial charge on any atom is -0.497 e. The SMILES string of the molecule is COc1ccc(OC)c(S(=O)(=O)NCC2CCC(O)C2)c1. The molecule has 2 N–H and O–H groups in total. The van der Waals surface area contributed by atoms with Gasteiger partial charge >= 0.3 is 0 Å². The van der Waals surface area contributed by atoms with Crippen LogP contribution in [-0.2, 0) is 10.0 Å². The number of rotatable bonds is 6. The maximum atomic E-state index is 12.4. The molecule has 1 aromatic carbocycles. The fraction of sp³-hybridized carbons (Fsp3) is 0.571. The Labute approximate surface area is 125 Å². The van der Waals surface area contributed by atoms with E-state index in [4.69, 9.17) is 9.47 Å². The van der Waals surface area contributed by atoms with Crippen LogP contribution in [0.25, 0.3) is 0 Å². The van der Waals surface area contributed by atoms with Crippen LogP contribution >= 0.6 is 0 Å². The minimum atomic E-state index is -3.68. The lowest BCUT2D eigenvalue weighted by molar-refractivity contribution is 0.178. The van der Waals surface area contributed by atoms with Crippen molar-refractivity contribution in [1.29, 1.82) is 0 Å². The average Bonchev–Trinajstić information content (AvgIpc) is 2.90. The van der Waals surface area contributed by atoms with E-state index in [0.29, 0.717) is 18.7 Å². The summed E-state index contributed by atoms with van der Waals surface area (Å²) in [5.74, 6) is 0.897. The molecule has 2 atom stereocenters. The molecule has 7 heteroatoms. The van der Waals surface area contributed by atoms with Crippen LogP contribution in [0, 0.1) is 5.92 Å². The highest BCUT2D eigenvalue weighted by molar-refractivity contribution is 7.89. The van der Waals surface area contributed by atoms with Crippen molar-refractivity contribution in [2.75, 3.05) is 20.8 Å². The maximum Gasteiger partial charge on any atom is 0.244 e. The standard InChI is InChI=1S/C14H21NO5S/c1-19-12-5-6-13(20-2)14(8-12)21(17,18)15-9-10-3-4-11(16)7-10/h5-6,8,10-11,15-16H,3-4,7,9H2,1-2H3. The second-order valence-corrected chi connectivity index (χ2v) is 6.94. The Balaban J connectivity index is 2.14. The highest BCUT2D eigenvalue weighted by Crippen LogP contribution is 2.29. The van der Waals surface area contributed by atoms with Crippen molar-refractivity contribution in [2.45, 2.75) is 30.3 Å². The van der Waals surface area contributed by atoms with Gasteiger partial charge in [-0.25, -0.2) is 13.1 Å². The van der Waals surface area contributed by atoms with Gasteiger partial charge in [-0.1, -0.05) is 0 Å². The van der Waals surface area contributed by atoms with Crippen LogP contribution in [0.3, 0.4) is 0 Å². The smallest absolute Gasteiger partial charge is 0.244 e. The van der Waals surface area contributed by atoms with E-state index < -0.39 is 10.0 Å². The molecule has 1 aromatic rings. The van der Waals surface area contributed by atoms with Gasteiger partial charge in [0.05, 0.1) is 20.3 Å². The molecule has 0 amide bonds. The van der Waals surface area contributed by atoms with Gasteiger partial charge in [0.2, 0.25) is 10.0 Å². The number of benzene rings is 1. The van der Waals surface area contributed by atoms with Crippen LogP contribution in [0.2, 0.25) is 0 Å². The molecule has 0 spiro atoms. The Morgan fingerprint density at radius 1 is 1.29 bits per heavy atom. The lowest BCUT2D eigenvalue weighted by atomic mass is 10.1. The van der Waals surface area contributed by atoms with Gasteiger partial charge in [-0.3, -0.25) is 0 Å². The van der Waals surface area contributed by atoms with Crippen LogP contribution in [-0.4, -0.2) is 40.4 Å². The first-order chi connectivity index (χ1) is 9.96. The molecule has 6 nitrogen and oxygen atoms in total. The quantitative estimate of drug-likeness (QED) is 0.822. The van der Waals surface area contributed by atoms with E-state index in [0.717, 1.165) is 12.8 Å². The van der Waals surface area contributed by atoms with E-state index >= 15 is 0 Å². The summed E-state index contributed by atoms with van der Waals surface area (Å²) in [5, 5.41) is 9.48. The summed E-state index contributed by atoms with van der Waals surface area (Å²) in [6.45, 7) is 0.319. The topological polar surface area (TPSA) is 84.9 Å². The molecule has 21 heavy (non-hydrogen) atoms.